The highest BCUT2D eigenvalue weighted by atomic mass is 32.6. The van der Waals surface area contributed by atoms with Crippen LogP contribution >= 0.6 is 33.1 Å². The van der Waals surface area contributed by atoms with Crippen molar-refractivity contribution in [2.24, 2.45) is 0 Å². The highest BCUT2D eigenvalue weighted by Gasteiger charge is 2.11. The molecule has 2 rings (SSSR count). The molecule has 0 amide bonds. The lowest BCUT2D eigenvalue weighted by Gasteiger charge is -2.17. The van der Waals surface area contributed by atoms with Gasteiger partial charge in [-0.1, -0.05) is 57.7 Å². The van der Waals surface area contributed by atoms with E-state index in [0.29, 0.717) is 0 Å². The highest BCUT2D eigenvalue weighted by molar-refractivity contribution is 8.63. The van der Waals surface area contributed by atoms with E-state index in [2.05, 4.69) is 61.2 Å². The Kier molecular flexibility index (Phi) is 5.98. The molecule has 0 nitrogen and oxygen atoms in total. The van der Waals surface area contributed by atoms with Crippen LogP contribution in [0.3, 0.4) is 0 Å². The maximum Gasteiger partial charge on any atom is -0.0120 e. The molecule has 0 saturated heterocycles. The molecule has 0 fully saturated rings. The van der Waals surface area contributed by atoms with Crippen LogP contribution in [0.15, 0.2) is 36.4 Å². The average molecular weight is 312 g/mol. The molecule has 4 heteroatoms. The minimum Gasteiger partial charge on any atom is -0.109 e. The fraction of sp³-hybridized carbons (Fsp3) is 0.286. The van der Waals surface area contributed by atoms with Crippen LogP contribution < -0.4 is 5.30 Å². The van der Waals surface area contributed by atoms with E-state index in [1.165, 1.54) is 30.0 Å². The predicted molar refractivity (Wildman–Crippen MR) is 96.8 cm³/mol. The second kappa shape index (κ2) is 7.27. The molecule has 18 heavy (non-hydrogen) atoms. The Bertz CT molecular complexity index is 524. The first-order valence-electron chi connectivity index (χ1n) is 6.29. The smallest absolute Gasteiger partial charge is 0.0120 e. The lowest BCUT2D eigenvalue weighted by atomic mass is 10.0. The summed E-state index contributed by atoms with van der Waals surface area (Å²) in [5.74, 6) is 0. The minimum absolute atomic E-state index is 0.0766. The quantitative estimate of drug-likeness (QED) is 0.643. The normalized spacial score (nSPS) is 13.5. The zero-order chi connectivity index (χ0) is 13.0. The SMILES string of the molecule is CCCCc1c(P(P)PP)ccc2ccccc12. The van der Waals surface area contributed by atoms with E-state index in [9.17, 15) is 0 Å². The van der Waals surface area contributed by atoms with Crippen molar-refractivity contribution >= 4 is 49.2 Å². The molecular formula is C14H20P4. The summed E-state index contributed by atoms with van der Waals surface area (Å²) in [7, 11) is 6.82. The van der Waals surface area contributed by atoms with Crippen molar-refractivity contribution in [2.45, 2.75) is 26.2 Å². The summed E-state index contributed by atoms with van der Waals surface area (Å²) in [4.78, 5) is 0. The maximum absolute atomic E-state index is 3.05. The lowest BCUT2D eigenvalue weighted by molar-refractivity contribution is 0.801. The van der Waals surface area contributed by atoms with E-state index in [4.69, 9.17) is 0 Å². The third-order valence-electron chi connectivity index (χ3n) is 3.19. The topological polar surface area (TPSA) is 0 Å². The Labute approximate surface area is 117 Å². The third-order valence-corrected chi connectivity index (χ3v) is 13.3. The van der Waals surface area contributed by atoms with Crippen molar-refractivity contribution in [3.63, 3.8) is 0 Å². The van der Waals surface area contributed by atoms with Crippen LogP contribution in [0.5, 0.6) is 0 Å². The molecule has 0 aromatic heterocycles. The fourth-order valence-electron chi connectivity index (χ4n) is 2.24. The molecule has 0 aliphatic rings. The Morgan fingerprint density at radius 1 is 1.17 bits per heavy atom. The number of unbranched alkanes of at least 4 members (excludes halogenated alkanes) is 1. The van der Waals surface area contributed by atoms with Gasteiger partial charge in [0.1, 0.15) is 0 Å². The van der Waals surface area contributed by atoms with Gasteiger partial charge in [0.25, 0.3) is 0 Å². The first-order chi connectivity index (χ1) is 8.77. The van der Waals surface area contributed by atoms with Gasteiger partial charge in [-0.3, -0.25) is 0 Å². The summed E-state index contributed by atoms with van der Waals surface area (Å²) in [5.41, 5.74) is 1.59. The standard InChI is InChI=1S/C14H20P4/c1-2-3-7-13-12-8-5-4-6-11(12)9-10-14(13)18(16)17-15/h4-6,8-10,17H,2-3,7,15-16H2,1H3. The van der Waals surface area contributed by atoms with Gasteiger partial charge in [-0.05, 0) is 41.8 Å². The molecule has 2 aromatic carbocycles. The van der Waals surface area contributed by atoms with Crippen molar-refractivity contribution < 1.29 is 0 Å². The molecule has 0 saturated carbocycles. The van der Waals surface area contributed by atoms with Gasteiger partial charge in [0.05, 0.1) is 0 Å². The van der Waals surface area contributed by atoms with E-state index in [-0.39, 0.29) is 7.30 Å². The molecule has 0 N–H and O–H groups in total. The van der Waals surface area contributed by atoms with Crippen molar-refractivity contribution in [1.29, 1.82) is 0 Å². The molecular weight excluding hydrogens is 292 g/mol. The monoisotopic (exact) mass is 312 g/mol. The van der Waals surface area contributed by atoms with Crippen LogP contribution in [-0.4, -0.2) is 0 Å². The largest absolute Gasteiger partial charge is 0.109 e. The molecule has 2 aromatic rings. The highest BCUT2D eigenvalue weighted by Crippen LogP contribution is 2.65. The minimum atomic E-state index is -0.0766. The Balaban J connectivity index is 2.55. The third kappa shape index (κ3) is 3.30. The van der Waals surface area contributed by atoms with Gasteiger partial charge in [0.2, 0.25) is 0 Å². The Morgan fingerprint density at radius 3 is 2.67 bits per heavy atom. The Morgan fingerprint density at radius 2 is 1.94 bits per heavy atom. The molecule has 4 unspecified atom stereocenters. The van der Waals surface area contributed by atoms with Crippen LogP contribution in [0.25, 0.3) is 10.8 Å². The first kappa shape index (κ1) is 14.8. The van der Waals surface area contributed by atoms with Crippen molar-refractivity contribution in [2.75, 3.05) is 0 Å². The Hall–Kier alpha value is 0.420. The second-order valence-electron chi connectivity index (χ2n) is 4.39. The average Bonchev–Trinajstić information content (AvgIpc) is 2.43. The summed E-state index contributed by atoms with van der Waals surface area (Å²) in [6.07, 6.45) is 3.77. The van der Waals surface area contributed by atoms with E-state index in [1.807, 2.05) is 0 Å². The first-order valence-corrected chi connectivity index (χ1v) is 12.9. The summed E-state index contributed by atoms with van der Waals surface area (Å²) < 4.78 is 0. The molecule has 96 valence electrons. The molecule has 0 radical (unpaired) electrons. The van der Waals surface area contributed by atoms with E-state index in [1.54, 1.807) is 10.9 Å². The van der Waals surface area contributed by atoms with E-state index < -0.39 is 0 Å². The molecule has 0 heterocycles. The van der Waals surface area contributed by atoms with E-state index in [0.717, 1.165) is 7.96 Å². The van der Waals surface area contributed by atoms with Gasteiger partial charge >= 0.3 is 0 Å². The summed E-state index contributed by atoms with van der Waals surface area (Å²) in [6.45, 7) is 2.27. The van der Waals surface area contributed by atoms with Crippen LogP contribution in [0.4, 0.5) is 0 Å². The van der Waals surface area contributed by atoms with Crippen LogP contribution in [0, 0.1) is 0 Å². The van der Waals surface area contributed by atoms with Gasteiger partial charge in [-0.15, -0.1) is 17.9 Å². The second-order valence-corrected chi connectivity index (χ2v) is 13.5. The molecule has 0 aliphatic carbocycles. The number of hydrogen-bond acceptors (Lipinski definition) is 0. The number of rotatable bonds is 5. The summed E-state index contributed by atoms with van der Waals surface area (Å²) in [6, 6.07) is 13.4. The van der Waals surface area contributed by atoms with Crippen molar-refractivity contribution in [3.05, 3.63) is 42.0 Å². The molecule has 0 spiro atoms. The lowest BCUT2D eigenvalue weighted by Crippen LogP contribution is -2.05. The van der Waals surface area contributed by atoms with Gasteiger partial charge in [0.15, 0.2) is 0 Å². The molecule has 4 atom stereocenters. The number of benzene rings is 2. The summed E-state index contributed by atoms with van der Waals surface area (Å²) >= 11 is 0. The van der Waals surface area contributed by atoms with Gasteiger partial charge in [-0.25, -0.2) is 0 Å². The van der Waals surface area contributed by atoms with Gasteiger partial charge in [-0.2, -0.15) is 0 Å². The number of fused-ring (bicyclic) bond motifs is 1. The van der Waals surface area contributed by atoms with Crippen LogP contribution in [0.2, 0.25) is 0 Å². The van der Waals surface area contributed by atoms with E-state index >= 15 is 0 Å². The molecule has 0 bridgehead atoms. The number of hydrogen-bond donors (Lipinski definition) is 0. The van der Waals surface area contributed by atoms with Crippen LogP contribution in [-0.2, 0) is 6.42 Å². The zero-order valence-electron chi connectivity index (χ0n) is 10.7. The predicted octanol–water partition coefficient (Wildman–Crippen LogP) is 5.46. The number of aryl methyl sites for hydroxylation is 1. The van der Waals surface area contributed by atoms with Gasteiger partial charge < -0.3 is 0 Å². The summed E-state index contributed by atoms with van der Waals surface area (Å²) in [5, 5.41) is 4.42. The molecule has 0 aliphatic heterocycles. The van der Waals surface area contributed by atoms with Crippen molar-refractivity contribution in [1.82, 2.24) is 0 Å². The van der Waals surface area contributed by atoms with Gasteiger partial charge in [0, 0.05) is 0 Å². The van der Waals surface area contributed by atoms with Crippen LogP contribution in [0.1, 0.15) is 25.3 Å². The maximum atomic E-state index is 3.05. The zero-order valence-corrected chi connectivity index (χ0v) is 14.9. The fourth-order valence-corrected chi connectivity index (χ4v) is 6.16. The van der Waals surface area contributed by atoms with Crippen molar-refractivity contribution in [3.8, 4) is 0 Å².